The summed E-state index contributed by atoms with van der Waals surface area (Å²) in [6, 6.07) is 2.78. The summed E-state index contributed by atoms with van der Waals surface area (Å²) in [5, 5.41) is 27.2. The van der Waals surface area contributed by atoms with Gasteiger partial charge in [-0.05, 0) is 36.3 Å². The van der Waals surface area contributed by atoms with E-state index in [1.54, 1.807) is 20.0 Å². The fourth-order valence-electron chi connectivity index (χ4n) is 4.07. The van der Waals surface area contributed by atoms with Crippen molar-refractivity contribution in [1.82, 2.24) is 20.9 Å². The van der Waals surface area contributed by atoms with E-state index in [2.05, 4.69) is 20.9 Å². The number of carboxylic acid groups (broad SMARTS) is 2. The van der Waals surface area contributed by atoms with Gasteiger partial charge in [-0.3, -0.25) is 19.2 Å². The average Bonchev–Trinajstić information content (AvgIpc) is 3.27. The zero-order valence-electron chi connectivity index (χ0n) is 22.7. The lowest BCUT2D eigenvalue weighted by atomic mass is 10.0. The van der Waals surface area contributed by atoms with Crippen LogP contribution in [0.15, 0.2) is 30.5 Å². The molecule has 2 rings (SSSR count). The van der Waals surface area contributed by atoms with Crippen LogP contribution in [-0.2, 0) is 30.4 Å². The number of H-pyrrole nitrogens is 1. The summed E-state index contributed by atoms with van der Waals surface area (Å²) in [7, 11) is 0. The molecule has 3 amide bonds. The van der Waals surface area contributed by atoms with Crippen molar-refractivity contribution in [2.45, 2.75) is 77.5 Å². The van der Waals surface area contributed by atoms with Gasteiger partial charge in [0.1, 0.15) is 18.1 Å². The van der Waals surface area contributed by atoms with Crippen molar-refractivity contribution < 1.29 is 34.2 Å². The van der Waals surface area contributed by atoms with Crippen molar-refractivity contribution in [1.29, 1.82) is 0 Å². The summed E-state index contributed by atoms with van der Waals surface area (Å²) in [6.45, 7) is 7.11. The quantitative estimate of drug-likeness (QED) is 0.172. The lowest BCUT2D eigenvalue weighted by Gasteiger charge is -2.26. The molecule has 2 aromatic rings. The van der Waals surface area contributed by atoms with E-state index < -0.39 is 60.2 Å². The predicted octanol–water partition coefficient (Wildman–Crippen LogP) is 1.14. The van der Waals surface area contributed by atoms with Crippen LogP contribution in [-0.4, -0.2) is 69.0 Å². The third-order valence-electron chi connectivity index (χ3n) is 6.35. The Balaban J connectivity index is 2.35. The number of aliphatic carboxylic acids is 2. The molecule has 0 fully saturated rings. The van der Waals surface area contributed by atoms with E-state index in [9.17, 15) is 29.1 Å². The van der Waals surface area contributed by atoms with Gasteiger partial charge in [0.15, 0.2) is 0 Å². The second kappa shape index (κ2) is 14.3. The van der Waals surface area contributed by atoms with Gasteiger partial charge in [-0.25, -0.2) is 4.79 Å². The number of carboxylic acids is 2. The average molecular weight is 546 g/mol. The second-order valence-electron chi connectivity index (χ2n) is 10.4. The van der Waals surface area contributed by atoms with Crippen molar-refractivity contribution in [2.75, 3.05) is 0 Å². The molecule has 0 saturated heterocycles. The summed E-state index contributed by atoms with van der Waals surface area (Å²) < 4.78 is 0. The van der Waals surface area contributed by atoms with Gasteiger partial charge < -0.3 is 36.9 Å². The molecule has 12 heteroatoms. The fourth-order valence-corrected chi connectivity index (χ4v) is 4.07. The van der Waals surface area contributed by atoms with Gasteiger partial charge in [-0.15, -0.1) is 0 Å². The molecule has 39 heavy (non-hydrogen) atoms. The first-order valence-corrected chi connectivity index (χ1v) is 13.0. The third-order valence-corrected chi connectivity index (χ3v) is 6.35. The molecule has 0 aliphatic rings. The van der Waals surface area contributed by atoms with E-state index in [1.165, 1.54) is 0 Å². The van der Waals surface area contributed by atoms with Crippen LogP contribution in [0, 0.1) is 11.8 Å². The molecule has 0 aliphatic carbocycles. The molecule has 0 unspecified atom stereocenters. The van der Waals surface area contributed by atoms with E-state index in [1.807, 2.05) is 38.1 Å². The van der Waals surface area contributed by atoms with E-state index in [0.717, 1.165) is 10.9 Å². The standard InChI is InChI=1S/C27H39N5O7/c1-14(2)11-21(27(38)39)32-25(36)20(12-16-13-29-18-8-6-5-7-17(16)18)31-24(35)19(9-10-22(33)34)30-26(37)23(28)15(3)4/h5-8,13-15,19-21,23,29H,9-12,28H2,1-4H3,(H,30,37)(H,31,35)(H,32,36)(H,33,34)(H,38,39)/t19-,20-,21-,23-/m0/s1. The number of fused-ring (bicyclic) bond motifs is 1. The predicted molar refractivity (Wildman–Crippen MR) is 145 cm³/mol. The molecule has 0 bridgehead atoms. The number of nitrogens with one attached hydrogen (secondary N) is 4. The Hall–Kier alpha value is -3.93. The van der Waals surface area contributed by atoms with Gasteiger partial charge >= 0.3 is 11.9 Å². The number of aromatic amines is 1. The molecule has 8 N–H and O–H groups in total. The van der Waals surface area contributed by atoms with Crippen LogP contribution in [0.3, 0.4) is 0 Å². The summed E-state index contributed by atoms with van der Waals surface area (Å²) in [5.41, 5.74) is 7.42. The number of rotatable bonds is 15. The molecule has 1 aromatic carbocycles. The monoisotopic (exact) mass is 545 g/mol. The van der Waals surface area contributed by atoms with E-state index in [-0.39, 0.29) is 31.1 Å². The zero-order chi connectivity index (χ0) is 29.3. The third kappa shape index (κ3) is 9.40. The van der Waals surface area contributed by atoms with Crippen molar-refractivity contribution in [2.24, 2.45) is 17.6 Å². The Labute approximate surface area is 227 Å². The number of benzene rings is 1. The molecule has 1 aromatic heterocycles. The number of carbonyl (C=O) groups is 5. The van der Waals surface area contributed by atoms with Crippen molar-refractivity contribution in [3.05, 3.63) is 36.0 Å². The Morgan fingerprint density at radius 3 is 2.05 bits per heavy atom. The van der Waals surface area contributed by atoms with Crippen molar-refractivity contribution in [3.8, 4) is 0 Å². The Morgan fingerprint density at radius 1 is 0.872 bits per heavy atom. The van der Waals surface area contributed by atoms with Gasteiger partial charge in [0.05, 0.1) is 6.04 Å². The lowest BCUT2D eigenvalue weighted by molar-refractivity contribution is -0.142. The maximum absolute atomic E-state index is 13.3. The van der Waals surface area contributed by atoms with Gasteiger partial charge in [-0.2, -0.15) is 0 Å². The van der Waals surface area contributed by atoms with Crippen LogP contribution in [0.5, 0.6) is 0 Å². The second-order valence-corrected chi connectivity index (χ2v) is 10.4. The zero-order valence-corrected chi connectivity index (χ0v) is 22.7. The molecule has 1 heterocycles. The summed E-state index contributed by atoms with van der Waals surface area (Å²) >= 11 is 0. The number of nitrogens with two attached hydrogens (primary N) is 1. The minimum absolute atomic E-state index is 0.0146. The van der Waals surface area contributed by atoms with Crippen LogP contribution in [0.4, 0.5) is 0 Å². The molecular weight excluding hydrogens is 506 g/mol. The van der Waals surface area contributed by atoms with Crippen LogP contribution >= 0.6 is 0 Å². The van der Waals surface area contributed by atoms with E-state index in [0.29, 0.717) is 5.56 Å². The number of carbonyl (C=O) groups excluding carboxylic acids is 3. The largest absolute Gasteiger partial charge is 0.481 e. The molecule has 0 saturated carbocycles. The topological polar surface area (TPSA) is 204 Å². The van der Waals surface area contributed by atoms with Gasteiger partial charge in [0.2, 0.25) is 17.7 Å². The number of hydrogen-bond donors (Lipinski definition) is 7. The van der Waals surface area contributed by atoms with Gasteiger partial charge in [-0.1, -0.05) is 45.9 Å². The molecule has 0 spiro atoms. The molecule has 12 nitrogen and oxygen atoms in total. The SMILES string of the molecule is CC(C)C[C@H](NC(=O)[C@H](Cc1c[nH]c2ccccc12)NC(=O)[C@H](CCC(=O)O)NC(=O)[C@@H](N)C(C)C)C(=O)O. The highest BCUT2D eigenvalue weighted by Gasteiger charge is 2.31. The summed E-state index contributed by atoms with van der Waals surface area (Å²) in [4.78, 5) is 65.3. The summed E-state index contributed by atoms with van der Waals surface area (Å²) in [6.07, 6.45) is 1.25. The van der Waals surface area contributed by atoms with Gasteiger partial charge in [0, 0.05) is 29.9 Å². The maximum Gasteiger partial charge on any atom is 0.326 e. The van der Waals surface area contributed by atoms with Gasteiger partial charge in [0.25, 0.3) is 0 Å². The highest BCUT2D eigenvalue weighted by molar-refractivity contribution is 5.95. The highest BCUT2D eigenvalue weighted by atomic mass is 16.4. The van der Waals surface area contributed by atoms with E-state index >= 15 is 0 Å². The minimum atomic E-state index is -1.28. The Morgan fingerprint density at radius 2 is 1.46 bits per heavy atom. The number of amides is 3. The first-order chi connectivity index (χ1) is 18.3. The number of para-hydroxylation sites is 1. The first-order valence-electron chi connectivity index (χ1n) is 13.0. The molecule has 4 atom stereocenters. The minimum Gasteiger partial charge on any atom is -0.481 e. The maximum atomic E-state index is 13.3. The molecule has 0 aliphatic heterocycles. The Bertz CT molecular complexity index is 1180. The summed E-state index contributed by atoms with van der Waals surface area (Å²) in [5.74, 6) is -4.75. The lowest BCUT2D eigenvalue weighted by Crippen LogP contribution is -2.58. The van der Waals surface area contributed by atoms with Crippen LogP contribution in [0.25, 0.3) is 10.9 Å². The van der Waals surface area contributed by atoms with E-state index in [4.69, 9.17) is 10.8 Å². The molecule has 214 valence electrons. The number of aromatic nitrogens is 1. The highest BCUT2D eigenvalue weighted by Crippen LogP contribution is 2.19. The van der Waals surface area contributed by atoms with Crippen molar-refractivity contribution in [3.63, 3.8) is 0 Å². The number of hydrogen-bond acceptors (Lipinski definition) is 6. The fraction of sp³-hybridized carbons (Fsp3) is 0.519. The van der Waals surface area contributed by atoms with Crippen LogP contribution in [0.2, 0.25) is 0 Å². The first kappa shape index (κ1) is 31.3. The normalized spacial score (nSPS) is 14.4. The Kier molecular flexibility index (Phi) is 11.5. The molecule has 0 radical (unpaired) electrons. The van der Waals surface area contributed by atoms with Crippen LogP contribution in [0.1, 0.15) is 52.5 Å². The molecular formula is C27H39N5O7. The van der Waals surface area contributed by atoms with Crippen LogP contribution < -0.4 is 21.7 Å². The van der Waals surface area contributed by atoms with Crippen molar-refractivity contribution >= 4 is 40.6 Å². The smallest absolute Gasteiger partial charge is 0.326 e.